The molecule has 0 saturated heterocycles. The number of hydrogen-bond donors (Lipinski definition) is 1. The van der Waals surface area contributed by atoms with E-state index < -0.39 is 0 Å². The third-order valence-corrected chi connectivity index (χ3v) is 4.10. The van der Waals surface area contributed by atoms with Crippen LogP contribution in [0.15, 0.2) is 59.0 Å². The lowest BCUT2D eigenvalue weighted by molar-refractivity contribution is 0.414. The number of rotatable bonds is 6. The van der Waals surface area contributed by atoms with Crippen LogP contribution >= 0.6 is 11.3 Å². The van der Waals surface area contributed by atoms with Crippen molar-refractivity contribution in [3.63, 3.8) is 0 Å². The summed E-state index contributed by atoms with van der Waals surface area (Å²) in [6, 6.07) is 15.5. The number of aromatic nitrogens is 1. The lowest BCUT2D eigenvalue weighted by Crippen LogP contribution is -1.91. The minimum Gasteiger partial charge on any atom is -0.497 e. The number of thiazole rings is 1. The SMILES string of the molecule is COc1ccc(-c2csc(NN=Cc3cccc(OC)c3)n2)cc1. The molecule has 0 aliphatic carbocycles. The van der Waals surface area contributed by atoms with Gasteiger partial charge >= 0.3 is 0 Å². The second-order valence-electron chi connectivity index (χ2n) is 4.91. The van der Waals surface area contributed by atoms with Gasteiger partial charge in [0.05, 0.1) is 26.1 Å². The van der Waals surface area contributed by atoms with Gasteiger partial charge in [0, 0.05) is 10.9 Å². The summed E-state index contributed by atoms with van der Waals surface area (Å²) in [5, 5.41) is 6.95. The first kappa shape index (κ1) is 16.0. The van der Waals surface area contributed by atoms with E-state index in [1.807, 2.05) is 53.9 Å². The van der Waals surface area contributed by atoms with Gasteiger partial charge in [-0.05, 0) is 42.0 Å². The largest absolute Gasteiger partial charge is 0.497 e. The number of benzene rings is 2. The van der Waals surface area contributed by atoms with Crippen LogP contribution in [0.3, 0.4) is 0 Å². The number of hydrazone groups is 1. The van der Waals surface area contributed by atoms with Gasteiger partial charge in [-0.1, -0.05) is 12.1 Å². The van der Waals surface area contributed by atoms with Crippen molar-refractivity contribution < 1.29 is 9.47 Å². The Bertz CT molecular complexity index is 828. The molecule has 0 unspecified atom stereocenters. The summed E-state index contributed by atoms with van der Waals surface area (Å²) in [7, 11) is 3.30. The number of methoxy groups -OCH3 is 2. The van der Waals surface area contributed by atoms with Crippen molar-refractivity contribution in [3.05, 3.63) is 59.5 Å². The molecule has 1 aromatic heterocycles. The third-order valence-electron chi connectivity index (χ3n) is 3.36. The first-order chi connectivity index (χ1) is 11.8. The fourth-order valence-corrected chi connectivity index (χ4v) is 2.77. The van der Waals surface area contributed by atoms with Crippen LogP contribution in [-0.4, -0.2) is 25.4 Å². The molecule has 1 heterocycles. The molecule has 0 aliphatic rings. The lowest BCUT2D eigenvalue weighted by atomic mass is 10.2. The zero-order valence-corrected chi connectivity index (χ0v) is 14.2. The molecule has 0 aliphatic heterocycles. The Morgan fingerprint density at radius 3 is 2.58 bits per heavy atom. The molecule has 1 N–H and O–H groups in total. The van der Waals surface area contributed by atoms with Crippen molar-refractivity contribution >= 4 is 22.7 Å². The summed E-state index contributed by atoms with van der Waals surface area (Å²) in [5.74, 6) is 1.63. The molecule has 5 nitrogen and oxygen atoms in total. The first-order valence-corrected chi connectivity index (χ1v) is 8.19. The Morgan fingerprint density at radius 1 is 1.04 bits per heavy atom. The Balaban J connectivity index is 1.66. The summed E-state index contributed by atoms with van der Waals surface area (Å²) in [5.41, 5.74) is 5.85. The van der Waals surface area contributed by atoms with Crippen molar-refractivity contribution in [3.8, 4) is 22.8 Å². The quantitative estimate of drug-likeness (QED) is 0.538. The number of ether oxygens (including phenoxy) is 2. The van der Waals surface area contributed by atoms with Crippen molar-refractivity contribution in [2.24, 2.45) is 5.10 Å². The molecule has 122 valence electrons. The average molecular weight is 339 g/mol. The average Bonchev–Trinajstić information content (AvgIpc) is 3.11. The van der Waals surface area contributed by atoms with Crippen molar-refractivity contribution in [2.45, 2.75) is 0 Å². The van der Waals surface area contributed by atoms with Gasteiger partial charge in [0.2, 0.25) is 5.13 Å². The number of anilines is 1. The number of nitrogens with one attached hydrogen (secondary N) is 1. The topological polar surface area (TPSA) is 55.7 Å². The summed E-state index contributed by atoms with van der Waals surface area (Å²) < 4.78 is 10.4. The fraction of sp³-hybridized carbons (Fsp3) is 0.111. The molecule has 0 fully saturated rings. The molecule has 24 heavy (non-hydrogen) atoms. The van der Waals surface area contributed by atoms with E-state index in [2.05, 4.69) is 15.5 Å². The summed E-state index contributed by atoms with van der Waals surface area (Å²) >= 11 is 1.51. The van der Waals surface area contributed by atoms with Crippen molar-refractivity contribution in [1.29, 1.82) is 0 Å². The van der Waals surface area contributed by atoms with Crippen LogP contribution in [0.1, 0.15) is 5.56 Å². The van der Waals surface area contributed by atoms with Gasteiger partial charge < -0.3 is 9.47 Å². The molecule has 0 amide bonds. The zero-order chi connectivity index (χ0) is 16.8. The second-order valence-corrected chi connectivity index (χ2v) is 5.77. The van der Waals surface area contributed by atoms with Gasteiger partial charge in [-0.3, -0.25) is 5.43 Å². The lowest BCUT2D eigenvalue weighted by Gasteiger charge is -2.00. The fourth-order valence-electron chi connectivity index (χ4n) is 2.10. The van der Waals surface area contributed by atoms with Gasteiger partial charge in [-0.25, -0.2) is 4.98 Å². The molecular weight excluding hydrogens is 322 g/mol. The Hall–Kier alpha value is -2.86. The van der Waals surface area contributed by atoms with Crippen LogP contribution in [-0.2, 0) is 0 Å². The molecule has 0 atom stereocenters. The van der Waals surface area contributed by atoms with Crippen LogP contribution in [0, 0.1) is 0 Å². The van der Waals surface area contributed by atoms with Crippen LogP contribution < -0.4 is 14.9 Å². The minimum atomic E-state index is 0.736. The standard InChI is InChI=1S/C18H17N3O2S/c1-22-15-8-6-14(7-9-15)17-12-24-18(20-17)21-19-11-13-4-3-5-16(10-13)23-2/h3-12H,1-2H3,(H,20,21). The van der Waals surface area contributed by atoms with Gasteiger partial charge in [-0.2, -0.15) is 5.10 Å². The summed E-state index contributed by atoms with van der Waals surface area (Å²) in [6.07, 6.45) is 1.73. The maximum atomic E-state index is 5.19. The van der Waals surface area contributed by atoms with Crippen LogP contribution in [0.5, 0.6) is 11.5 Å². The van der Waals surface area contributed by atoms with Gasteiger partial charge in [-0.15, -0.1) is 11.3 Å². The Labute approximate surface area is 144 Å². The Kier molecular flexibility index (Phi) is 5.08. The summed E-state index contributed by atoms with van der Waals surface area (Å²) in [4.78, 5) is 4.53. The van der Waals surface area contributed by atoms with E-state index in [1.165, 1.54) is 11.3 Å². The molecule has 0 radical (unpaired) electrons. The van der Waals surface area contributed by atoms with Crippen LogP contribution in [0.2, 0.25) is 0 Å². The molecule has 6 heteroatoms. The van der Waals surface area contributed by atoms with E-state index in [-0.39, 0.29) is 0 Å². The van der Waals surface area contributed by atoms with E-state index in [1.54, 1.807) is 20.4 Å². The summed E-state index contributed by atoms with van der Waals surface area (Å²) in [6.45, 7) is 0. The smallest absolute Gasteiger partial charge is 0.203 e. The van der Waals surface area contributed by atoms with Crippen molar-refractivity contribution in [1.82, 2.24) is 4.98 Å². The van der Waals surface area contributed by atoms with E-state index >= 15 is 0 Å². The highest BCUT2D eigenvalue weighted by Crippen LogP contribution is 2.26. The minimum absolute atomic E-state index is 0.736. The van der Waals surface area contributed by atoms with Gasteiger partial charge in [0.15, 0.2) is 0 Å². The second kappa shape index (κ2) is 7.61. The highest BCUT2D eigenvalue weighted by molar-refractivity contribution is 7.14. The highest BCUT2D eigenvalue weighted by Gasteiger charge is 2.04. The highest BCUT2D eigenvalue weighted by atomic mass is 32.1. The molecular formula is C18H17N3O2S. The molecule has 0 spiro atoms. The normalized spacial score (nSPS) is 10.8. The van der Waals surface area contributed by atoms with Crippen LogP contribution in [0.4, 0.5) is 5.13 Å². The maximum absolute atomic E-state index is 5.19. The van der Waals surface area contributed by atoms with Gasteiger partial charge in [0.25, 0.3) is 0 Å². The van der Waals surface area contributed by atoms with E-state index in [9.17, 15) is 0 Å². The molecule has 0 saturated carbocycles. The predicted octanol–water partition coefficient (Wildman–Crippen LogP) is 4.27. The van der Waals surface area contributed by atoms with E-state index in [0.29, 0.717) is 0 Å². The van der Waals surface area contributed by atoms with Crippen molar-refractivity contribution in [2.75, 3.05) is 19.6 Å². The predicted molar refractivity (Wildman–Crippen MR) is 98.3 cm³/mol. The molecule has 3 rings (SSSR count). The zero-order valence-electron chi connectivity index (χ0n) is 13.4. The van der Waals surface area contributed by atoms with Crippen LogP contribution in [0.25, 0.3) is 11.3 Å². The number of nitrogens with zero attached hydrogens (tertiary/aromatic N) is 2. The number of hydrogen-bond acceptors (Lipinski definition) is 6. The maximum Gasteiger partial charge on any atom is 0.203 e. The molecule has 0 bridgehead atoms. The first-order valence-electron chi connectivity index (χ1n) is 7.31. The van der Waals surface area contributed by atoms with E-state index in [0.717, 1.165) is 33.5 Å². The molecule has 3 aromatic rings. The van der Waals surface area contributed by atoms with Gasteiger partial charge in [0.1, 0.15) is 11.5 Å². The Morgan fingerprint density at radius 2 is 1.83 bits per heavy atom. The molecule has 2 aromatic carbocycles. The van der Waals surface area contributed by atoms with E-state index in [4.69, 9.17) is 9.47 Å². The third kappa shape index (κ3) is 3.91. The monoisotopic (exact) mass is 339 g/mol.